The number of rotatable bonds is 6. The van der Waals surface area contributed by atoms with Gasteiger partial charge in [-0.2, -0.15) is 10.1 Å². The zero-order valence-electron chi connectivity index (χ0n) is 14.3. The molecule has 0 radical (unpaired) electrons. The Balaban J connectivity index is 1.75. The van der Waals surface area contributed by atoms with Crippen LogP contribution in [0.3, 0.4) is 0 Å². The van der Waals surface area contributed by atoms with Gasteiger partial charge in [0, 0.05) is 24.6 Å². The van der Waals surface area contributed by atoms with E-state index in [1.165, 1.54) is 0 Å². The molecule has 0 aromatic carbocycles. The second kappa shape index (κ2) is 7.48. The molecule has 8 heteroatoms. The Bertz CT molecular complexity index is 832. The molecule has 7 nitrogen and oxygen atoms in total. The van der Waals surface area contributed by atoms with E-state index >= 15 is 0 Å². The van der Waals surface area contributed by atoms with Crippen molar-refractivity contribution in [2.24, 2.45) is 0 Å². The Morgan fingerprint density at radius 2 is 2.00 bits per heavy atom. The molecule has 3 aromatic heterocycles. The smallest absolute Gasteiger partial charge is 0.229 e. The number of nitrogens with zero attached hydrogens (tertiary/aromatic N) is 5. The molecule has 1 atom stereocenters. The Morgan fingerprint density at radius 1 is 1.16 bits per heavy atom. The third-order valence-corrected chi connectivity index (χ3v) is 3.95. The van der Waals surface area contributed by atoms with Gasteiger partial charge in [0.25, 0.3) is 0 Å². The van der Waals surface area contributed by atoms with E-state index in [4.69, 9.17) is 11.6 Å². The highest BCUT2D eigenvalue weighted by atomic mass is 35.5. The summed E-state index contributed by atoms with van der Waals surface area (Å²) in [5, 5.41) is 11.2. The van der Waals surface area contributed by atoms with E-state index in [0.717, 1.165) is 11.3 Å². The monoisotopic (exact) mass is 357 g/mol. The van der Waals surface area contributed by atoms with Crippen LogP contribution < -0.4 is 10.6 Å². The minimum Gasteiger partial charge on any atom is -0.362 e. The lowest BCUT2D eigenvalue weighted by molar-refractivity contribution is 0.532. The molecule has 3 heterocycles. The Morgan fingerprint density at radius 3 is 2.68 bits per heavy atom. The molecule has 2 N–H and O–H groups in total. The molecule has 0 saturated carbocycles. The minimum atomic E-state index is 0.0117. The first kappa shape index (κ1) is 17.2. The zero-order valence-corrected chi connectivity index (χ0v) is 15.1. The molecular weight excluding hydrogens is 338 g/mol. The van der Waals surface area contributed by atoms with Crippen molar-refractivity contribution in [3.8, 4) is 0 Å². The number of nitrogens with one attached hydrogen (secondary N) is 2. The molecule has 0 aliphatic rings. The quantitative estimate of drug-likeness (QED) is 0.687. The summed E-state index contributed by atoms with van der Waals surface area (Å²) in [4.78, 5) is 12.8. The fourth-order valence-electron chi connectivity index (χ4n) is 2.26. The molecule has 0 spiro atoms. The average Bonchev–Trinajstić information content (AvgIpc) is 3.07. The maximum atomic E-state index is 6.23. The largest absolute Gasteiger partial charge is 0.362 e. The van der Waals surface area contributed by atoms with Crippen LogP contribution in [0.1, 0.15) is 38.4 Å². The lowest BCUT2D eigenvalue weighted by Crippen LogP contribution is -2.10. The summed E-state index contributed by atoms with van der Waals surface area (Å²) >= 11 is 6.23. The first-order chi connectivity index (χ1) is 12.0. The molecule has 0 bridgehead atoms. The van der Waals surface area contributed by atoms with Crippen LogP contribution in [0.5, 0.6) is 0 Å². The van der Waals surface area contributed by atoms with Gasteiger partial charge in [0.05, 0.1) is 24.1 Å². The fraction of sp³-hybridized carbons (Fsp3) is 0.294. The summed E-state index contributed by atoms with van der Waals surface area (Å²) in [6, 6.07) is 4.20. The third-order valence-electron chi connectivity index (χ3n) is 3.67. The van der Waals surface area contributed by atoms with Crippen LogP contribution in [-0.2, 0) is 0 Å². The Labute approximate surface area is 151 Å². The van der Waals surface area contributed by atoms with Gasteiger partial charge >= 0.3 is 0 Å². The first-order valence-corrected chi connectivity index (χ1v) is 8.41. The van der Waals surface area contributed by atoms with Crippen LogP contribution in [0.25, 0.3) is 0 Å². The highest BCUT2D eigenvalue weighted by Gasteiger charge is 2.11. The van der Waals surface area contributed by atoms with Crippen molar-refractivity contribution in [1.82, 2.24) is 24.7 Å². The highest BCUT2D eigenvalue weighted by molar-refractivity contribution is 6.32. The molecular formula is C17H20ClN7. The van der Waals surface area contributed by atoms with Gasteiger partial charge in [0.15, 0.2) is 5.82 Å². The SMILES string of the molecule is CC(Nc1nc(Nc2cnn(C(C)C)c2)ncc1Cl)c1cccnc1. The molecule has 130 valence electrons. The van der Waals surface area contributed by atoms with Crippen LogP contribution in [0.2, 0.25) is 5.02 Å². The molecule has 25 heavy (non-hydrogen) atoms. The molecule has 1 unspecified atom stereocenters. The van der Waals surface area contributed by atoms with Gasteiger partial charge in [-0.25, -0.2) is 4.98 Å². The van der Waals surface area contributed by atoms with Crippen molar-refractivity contribution in [3.05, 3.63) is 53.7 Å². The van der Waals surface area contributed by atoms with Crippen LogP contribution in [0.15, 0.2) is 43.1 Å². The van der Waals surface area contributed by atoms with Crippen molar-refractivity contribution < 1.29 is 0 Å². The van der Waals surface area contributed by atoms with Gasteiger partial charge in [-0.1, -0.05) is 17.7 Å². The van der Waals surface area contributed by atoms with Gasteiger partial charge in [0.1, 0.15) is 5.02 Å². The van der Waals surface area contributed by atoms with Crippen molar-refractivity contribution in [3.63, 3.8) is 0 Å². The van der Waals surface area contributed by atoms with Crippen molar-refractivity contribution in [2.45, 2.75) is 32.9 Å². The van der Waals surface area contributed by atoms with Gasteiger partial charge in [0.2, 0.25) is 5.95 Å². The van der Waals surface area contributed by atoms with E-state index in [2.05, 4.69) is 44.5 Å². The van der Waals surface area contributed by atoms with Gasteiger partial charge < -0.3 is 10.6 Å². The fourth-order valence-corrected chi connectivity index (χ4v) is 2.41. The van der Waals surface area contributed by atoms with Gasteiger partial charge in [-0.05, 0) is 32.4 Å². The minimum absolute atomic E-state index is 0.0117. The van der Waals surface area contributed by atoms with Gasteiger partial charge in [-0.3, -0.25) is 9.67 Å². The van der Waals surface area contributed by atoms with E-state index in [1.807, 2.05) is 36.1 Å². The number of anilines is 3. The zero-order chi connectivity index (χ0) is 17.8. The molecule has 0 fully saturated rings. The predicted octanol–water partition coefficient (Wildman–Crippen LogP) is 4.22. The average molecular weight is 358 g/mol. The topological polar surface area (TPSA) is 80.5 Å². The van der Waals surface area contributed by atoms with Crippen molar-refractivity contribution in [1.29, 1.82) is 0 Å². The number of aromatic nitrogens is 5. The lowest BCUT2D eigenvalue weighted by Gasteiger charge is -2.16. The molecule has 0 aliphatic carbocycles. The summed E-state index contributed by atoms with van der Waals surface area (Å²) in [6.45, 7) is 6.16. The maximum Gasteiger partial charge on any atom is 0.229 e. The summed E-state index contributed by atoms with van der Waals surface area (Å²) in [5.74, 6) is 1.01. The predicted molar refractivity (Wildman–Crippen MR) is 99.2 cm³/mol. The lowest BCUT2D eigenvalue weighted by atomic mass is 10.1. The number of halogens is 1. The van der Waals surface area contributed by atoms with Crippen LogP contribution in [0, 0.1) is 0 Å². The number of hydrogen-bond acceptors (Lipinski definition) is 6. The summed E-state index contributed by atoms with van der Waals surface area (Å²) in [7, 11) is 0. The molecule has 0 amide bonds. The first-order valence-electron chi connectivity index (χ1n) is 8.03. The van der Waals surface area contributed by atoms with E-state index < -0.39 is 0 Å². The molecule has 0 aliphatic heterocycles. The van der Waals surface area contributed by atoms with Crippen LogP contribution in [0.4, 0.5) is 17.5 Å². The highest BCUT2D eigenvalue weighted by Crippen LogP contribution is 2.25. The second-order valence-electron chi connectivity index (χ2n) is 5.97. The normalized spacial score (nSPS) is 12.2. The molecule has 0 saturated heterocycles. The van der Waals surface area contributed by atoms with Crippen LogP contribution >= 0.6 is 11.6 Å². The van der Waals surface area contributed by atoms with E-state index in [9.17, 15) is 0 Å². The van der Waals surface area contributed by atoms with Crippen molar-refractivity contribution >= 4 is 29.1 Å². The van der Waals surface area contributed by atoms with E-state index in [0.29, 0.717) is 22.8 Å². The van der Waals surface area contributed by atoms with Crippen LogP contribution in [-0.4, -0.2) is 24.7 Å². The summed E-state index contributed by atoms with van der Waals surface area (Å²) < 4.78 is 1.86. The standard InChI is InChI=1S/C17H20ClN7/c1-11(2)25-10-14(8-21-25)23-17-20-9-15(18)16(24-17)22-12(3)13-5-4-6-19-7-13/h4-12H,1-3H3,(H2,20,22,23,24). The second-order valence-corrected chi connectivity index (χ2v) is 6.38. The maximum absolute atomic E-state index is 6.23. The molecule has 3 aromatic rings. The van der Waals surface area contributed by atoms with E-state index in [1.54, 1.807) is 18.6 Å². The number of pyridine rings is 1. The Kier molecular flexibility index (Phi) is 5.14. The van der Waals surface area contributed by atoms with Crippen molar-refractivity contribution in [2.75, 3.05) is 10.6 Å². The molecule has 3 rings (SSSR count). The number of hydrogen-bond donors (Lipinski definition) is 2. The van der Waals surface area contributed by atoms with Gasteiger partial charge in [-0.15, -0.1) is 0 Å². The Hall–Kier alpha value is -2.67. The summed E-state index contributed by atoms with van der Waals surface area (Å²) in [5.41, 5.74) is 1.87. The summed E-state index contributed by atoms with van der Waals surface area (Å²) in [6.07, 6.45) is 8.78. The van der Waals surface area contributed by atoms with E-state index in [-0.39, 0.29) is 6.04 Å². The third kappa shape index (κ3) is 4.24.